The highest BCUT2D eigenvalue weighted by atomic mass is 32.2. The minimum atomic E-state index is -4.54. The van der Waals surface area contributed by atoms with Gasteiger partial charge in [0.2, 0.25) is 0 Å². The number of benzene rings is 2. The fraction of sp³-hybridized carbons (Fsp3) is 0.200. The van der Waals surface area contributed by atoms with Gasteiger partial charge in [0.25, 0.3) is 0 Å². The number of nitrogens with zero attached hydrogens (tertiary/aromatic N) is 2. The lowest BCUT2D eigenvalue weighted by molar-refractivity contribution is -0.137. The Bertz CT molecular complexity index is 1480. The van der Waals surface area contributed by atoms with Gasteiger partial charge >= 0.3 is 6.18 Å². The van der Waals surface area contributed by atoms with Crippen molar-refractivity contribution in [1.82, 2.24) is 9.97 Å². The largest absolute Gasteiger partial charge is 0.417 e. The Morgan fingerprint density at radius 2 is 1.68 bits per heavy atom. The molecule has 0 amide bonds. The highest BCUT2D eigenvalue weighted by Crippen LogP contribution is 2.36. The molecule has 0 saturated heterocycles. The van der Waals surface area contributed by atoms with Gasteiger partial charge in [0.05, 0.1) is 16.3 Å². The van der Waals surface area contributed by atoms with Gasteiger partial charge in [-0.2, -0.15) is 13.2 Å². The van der Waals surface area contributed by atoms with Crippen LogP contribution in [0, 0.1) is 0 Å². The summed E-state index contributed by atoms with van der Waals surface area (Å²) in [6.07, 6.45) is -0.646. The molecule has 5 nitrogen and oxygen atoms in total. The van der Waals surface area contributed by atoms with Crippen molar-refractivity contribution in [2.24, 2.45) is 0 Å². The maximum atomic E-state index is 13.2. The molecule has 0 aliphatic rings. The fourth-order valence-corrected chi connectivity index (χ4v) is 4.29. The van der Waals surface area contributed by atoms with Gasteiger partial charge < -0.3 is 5.73 Å². The van der Waals surface area contributed by atoms with Crippen molar-refractivity contribution in [2.75, 3.05) is 12.0 Å². The maximum Gasteiger partial charge on any atom is 0.417 e. The van der Waals surface area contributed by atoms with E-state index in [0.29, 0.717) is 29.3 Å². The van der Waals surface area contributed by atoms with Crippen LogP contribution in [0.2, 0.25) is 0 Å². The van der Waals surface area contributed by atoms with Crippen LogP contribution in [-0.4, -0.2) is 29.9 Å². The summed E-state index contributed by atoms with van der Waals surface area (Å²) in [5.41, 5.74) is 8.67. The monoisotopic (exact) mass is 485 g/mol. The third-order valence-corrected chi connectivity index (χ3v) is 7.38. The number of alkyl halides is 3. The van der Waals surface area contributed by atoms with Crippen molar-refractivity contribution in [3.63, 3.8) is 0 Å². The molecule has 9 heteroatoms. The van der Waals surface area contributed by atoms with Gasteiger partial charge in [-0.3, -0.25) is 4.98 Å². The van der Waals surface area contributed by atoms with Crippen LogP contribution in [-0.2, 0) is 22.4 Å². The van der Waals surface area contributed by atoms with Crippen LogP contribution in [0.25, 0.3) is 33.2 Å². The minimum Gasteiger partial charge on any atom is -0.383 e. The summed E-state index contributed by atoms with van der Waals surface area (Å²) in [7, 11) is -3.22. The number of nitrogens with two attached hydrogens (primary N) is 1. The highest BCUT2D eigenvalue weighted by molar-refractivity contribution is 7.91. The van der Waals surface area contributed by atoms with Crippen LogP contribution in [0.1, 0.15) is 18.1 Å². The van der Waals surface area contributed by atoms with Crippen molar-refractivity contribution in [1.29, 1.82) is 0 Å². The smallest absolute Gasteiger partial charge is 0.383 e. The first-order valence-electron chi connectivity index (χ1n) is 10.4. The Labute approximate surface area is 195 Å². The Kier molecular flexibility index (Phi) is 6.07. The van der Waals surface area contributed by atoms with Gasteiger partial charge in [-0.05, 0) is 60.4 Å². The number of hydrogen-bond acceptors (Lipinski definition) is 5. The molecule has 0 radical (unpaired) electrons. The van der Waals surface area contributed by atoms with E-state index in [1.165, 1.54) is 6.26 Å². The lowest BCUT2D eigenvalue weighted by Crippen LogP contribution is -2.18. The lowest BCUT2D eigenvalue weighted by Gasteiger charge is -2.15. The number of aromatic nitrogens is 2. The molecule has 0 aliphatic heterocycles. The minimum absolute atomic E-state index is 0.0103. The first kappa shape index (κ1) is 23.7. The van der Waals surface area contributed by atoms with Crippen molar-refractivity contribution in [3.8, 4) is 22.3 Å². The summed E-state index contributed by atoms with van der Waals surface area (Å²) in [4.78, 5) is 8.22. The number of rotatable bonds is 5. The molecule has 176 valence electrons. The zero-order chi connectivity index (χ0) is 24.7. The van der Waals surface area contributed by atoms with E-state index in [1.54, 1.807) is 37.4 Å². The number of fused-ring (bicyclic) bond motifs is 1. The summed E-state index contributed by atoms with van der Waals surface area (Å²) in [5, 5.41) is 0.262. The van der Waals surface area contributed by atoms with Gasteiger partial charge in [-0.25, -0.2) is 13.4 Å². The number of sulfone groups is 1. The zero-order valence-electron chi connectivity index (χ0n) is 18.5. The van der Waals surface area contributed by atoms with E-state index in [0.717, 1.165) is 22.6 Å². The molecular formula is C25H22F3N3O2S. The molecule has 1 unspecified atom stereocenters. The second-order valence-electron chi connectivity index (χ2n) is 8.30. The molecule has 2 heterocycles. The summed E-state index contributed by atoms with van der Waals surface area (Å²) < 4.78 is 63.7. The molecule has 0 saturated carbocycles. The molecule has 1 atom stereocenters. The number of hydrogen-bond donors (Lipinski definition) is 1. The van der Waals surface area contributed by atoms with Gasteiger partial charge in [-0.1, -0.05) is 24.3 Å². The van der Waals surface area contributed by atoms with Crippen LogP contribution < -0.4 is 5.73 Å². The SMILES string of the molecule is CC(Cc1cc(-c2cccc(-c3cc(C(F)(F)F)cnc3N)c2)c2ncccc2c1)S(C)(=O)=O. The molecule has 2 aromatic carbocycles. The van der Waals surface area contributed by atoms with Crippen molar-refractivity contribution < 1.29 is 21.6 Å². The number of pyridine rings is 2. The van der Waals surface area contributed by atoms with Crippen LogP contribution >= 0.6 is 0 Å². The average Bonchev–Trinajstić information content (AvgIpc) is 2.77. The molecule has 2 aromatic heterocycles. The lowest BCUT2D eigenvalue weighted by atomic mass is 9.94. The molecule has 4 rings (SSSR count). The number of nitrogen functional groups attached to an aromatic ring is 1. The summed E-state index contributed by atoms with van der Waals surface area (Å²) in [6.45, 7) is 1.66. The van der Waals surface area contributed by atoms with Crippen molar-refractivity contribution in [3.05, 3.63) is 78.1 Å². The number of anilines is 1. The Morgan fingerprint density at radius 3 is 2.35 bits per heavy atom. The van der Waals surface area contributed by atoms with Gasteiger partial charge in [0, 0.05) is 35.2 Å². The quantitative estimate of drug-likeness (QED) is 0.401. The molecular weight excluding hydrogens is 463 g/mol. The summed E-state index contributed by atoms with van der Waals surface area (Å²) in [5.74, 6) is -0.0103. The van der Waals surface area contributed by atoms with Gasteiger partial charge in [-0.15, -0.1) is 0 Å². The Balaban J connectivity index is 1.86. The molecule has 2 N–H and O–H groups in total. The highest BCUT2D eigenvalue weighted by Gasteiger charge is 2.31. The molecule has 0 aliphatic carbocycles. The predicted octanol–water partition coefficient (Wildman–Crippen LogP) is 5.54. The third-order valence-electron chi connectivity index (χ3n) is 5.75. The molecule has 0 bridgehead atoms. The van der Waals surface area contributed by atoms with Crippen LogP contribution in [0.4, 0.5) is 19.0 Å². The zero-order valence-corrected chi connectivity index (χ0v) is 19.3. The second-order valence-corrected chi connectivity index (χ2v) is 10.8. The van der Waals surface area contributed by atoms with E-state index in [1.807, 2.05) is 24.3 Å². The number of halogens is 3. The maximum absolute atomic E-state index is 13.2. The van der Waals surface area contributed by atoms with Crippen LogP contribution in [0.3, 0.4) is 0 Å². The van der Waals surface area contributed by atoms with E-state index < -0.39 is 26.8 Å². The molecule has 34 heavy (non-hydrogen) atoms. The van der Waals surface area contributed by atoms with Crippen molar-refractivity contribution >= 4 is 26.6 Å². The third kappa shape index (κ3) is 4.89. The topological polar surface area (TPSA) is 85.9 Å². The van der Waals surface area contributed by atoms with Crippen LogP contribution in [0.5, 0.6) is 0 Å². The molecule has 0 spiro atoms. The summed E-state index contributed by atoms with van der Waals surface area (Å²) >= 11 is 0. The second kappa shape index (κ2) is 8.72. The molecule has 4 aromatic rings. The first-order valence-corrected chi connectivity index (χ1v) is 12.4. The summed E-state index contributed by atoms with van der Waals surface area (Å²) in [6, 6.07) is 15.4. The Hall–Kier alpha value is -3.46. The van der Waals surface area contributed by atoms with E-state index in [9.17, 15) is 21.6 Å². The normalized spacial score (nSPS) is 13.2. The van der Waals surface area contributed by atoms with E-state index in [4.69, 9.17) is 5.73 Å². The predicted molar refractivity (Wildman–Crippen MR) is 128 cm³/mol. The van der Waals surface area contributed by atoms with E-state index in [2.05, 4.69) is 9.97 Å². The fourth-order valence-electron chi connectivity index (χ4n) is 3.79. The Morgan fingerprint density at radius 1 is 0.971 bits per heavy atom. The molecule has 0 fully saturated rings. The van der Waals surface area contributed by atoms with Gasteiger partial charge in [0.1, 0.15) is 15.7 Å². The standard InChI is InChI=1S/C25H22F3N3O2S/c1-15(34(2,32)33)9-16-10-19-7-4-8-30-23(19)21(11-16)17-5-3-6-18(12-17)22-13-20(25(26,27)28)14-31-24(22)29/h3-8,10-15H,9H2,1-2H3,(H2,29,31). The van der Waals surface area contributed by atoms with E-state index in [-0.39, 0.29) is 11.4 Å². The van der Waals surface area contributed by atoms with Crippen molar-refractivity contribution in [2.45, 2.75) is 24.8 Å². The first-order chi connectivity index (χ1) is 15.9. The van der Waals surface area contributed by atoms with Gasteiger partial charge in [0.15, 0.2) is 0 Å². The van der Waals surface area contributed by atoms with E-state index >= 15 is 0 Å². The van der Waals surface area contributed by atoms with Crippen LogP contribution in [0.15, 0.2) is 67.0 Å². The average molecular weight is 486 g/mol.